The highest BCUT2D eigenvalue weighted by Gasteiger charge is 2.26. The van der Waals surface area contributed by atoms with Crippen LogP contribution in [0.15, 0.2) is 47.4 Å². The predicted molar refractivity (Wildman–Crippen MR) is 101 cm³/mol. The van der Waals surface area contributed by atoms with Crippen molar-refractivity contribution in [3.05, 3.63) is 64.1 Å². The molecule has 1 unspecified atom stereocenters. The first-order valence-electron chi connectivity index (χ1n) is 8.92. The van der Waals surface area contributed by atoms with Crippen molar-refractivity contribution in [3.8, 4) is 5.75 Å². The Kier molecular flexibility index (Phi) is 5.73. The molecule has 6 heteroatoms. The highest BCUT2D eigenvalue weighted by atomic mass is 16.5. The fourth-order valence-electron chi connectivity index (χ4n) is 3.41. The van der Waals surface area contributed by atoms with Crippen LogP contribution in [-0.2, 0) is 7.05 Å². The minimum Gasteiger partial charge on any atom is -0.496 e. The molecule has 2 aromatic rings. The summed E-state index contributed by atoms with van der Waals surface area (Å²) in [4.78, 5) is 26.6. The topological polar surface area (TPSA) is 63.6 Å². The molecule has 0 radical (unpaired) electrons. The Hall–Kier alpha value is -2.60. The van der Waals surface area contributed by atoms with E-state index in [4.69, 9.17) is 4.74 Å². The van der Waals surface area contributed by atoms with Crippen LogP contribution in [0.4, 0.5) is 0 Å². The van der Waals surface area contributed by atoms with Crippen molar-refractivity contribution < 1.29 is 9.53 Å². The minimum absolute atomic E-state index is 0.0455. The molecule has 1 aliphatic rings. The third-order valence-electron chi connectivity index (χ3n) is 4.90. The van der Waals surface area contributed by atoms with E-state index >= 15 is 0 Å². The van der Waals surface area contributed by atoms with Gasteiger partial charge in [0.15, 0.2) is 0 Å². The first-order chi connectivity index (χ1) is 12.6. The third kappa shape index (κ3) is 3.96. The lowest BCUT2D eigenvalue weighted by molar-refractivity contribution is 0.0937. The molecule has 26 heavy (non-hydrogen) atoms. The lowest BCUT2D eigenvalue weighted by Crippen LogP contribution is -2.37. The monoisotopic (exact) mass is 355 g/mol. The van der Waals surface area contributed by atoms with Gasteiger partial charge in [-0.05, 0) is 38.1 Å². The van der Waals surface area contributed by atoms with E-state index in [0.717, 1.165) is 37.2 Å². The summed E-state index contributed by atoms with van der Waals surface area (Å²) in [5, 5.41) is 2.99. The molecule has 1 aromatic heterocycles. The number of hydrogen-bond acceptors (Lipinski definition) is 4. The predicted octanol–water partition coefficient (Wildman–Crippen LogP) is 1.96. The number of likely N-dealkylation sites (tertiary alicyclic amines) is 1. The summed E-state index contributed by atoms with van der Waals surface area (Å²) in [5.41, 5.74) is 1.26. The van der Waals surface area contributed by atoms with Crippen molar-refractivity contribution in [3.63, 3.8) is 0 Å². The summed E-state index contributed by atoms with van der Waals surface area (Å²) < 4.78 is 6.97. The lowest BCUT2D eigenvalue weighted by Gasteiger charge is -2.29. The van der Waals surface area contributed by atoms with Crippen molar-refractivity contribution in [2.24, 2.45) is 7.05 Å². The number of benzene rings is 1. The number of para-hydroxylation sites is 1. The molecule has 3 rings (SSSR count). The zero-order valence-corrected chi connectivity index (χ0v) is 15.3. The molecule has 138 valence electrons. The molecule has 0 spiro atoms. The van der Waals surface area contributed by atoms with Gasteiger partial charge >= 0.3 is 0 Å². The first-order valence-corrected chi connectivity index (χ1v) is 8.92. The van der Waals surface area contributed by atoms with E-state index in [1.165, 1.54) is 10.6 Å². The van der Waals surface area contributed by atoms with Crippen molar-refractivity contribution in [2.75, 3.05) is 26.7 Å². The van der Waals surface area contributed by atoms with Gasteiger partial charge in [-0.2, -0.15) is 0 Å². The van der Waals surface area contributed by atoms with Crippen LogP contribution < -0.4 is 15.6 Å². The van der Waals surface area contributed by atoms with Gasteiger partial charge < -0.3 is 14.6 Å². The van der Waals surface area contributed by atoms with Crippen molar-refractivity contribution in [1.82, 2.24) is 14.8 Å². The molecule has 1 fully saturated rings. The molecular weight excluding hydrogens is 330 g/mol. The molecule has 6 nitrogen and oxygen atoms in total. The molecule has 1 atom stereocenters. The molecule has 2 heterocycles. The number of amides is 1. The summed E-state index contributed by atoms with van der Waals surface area (Å²) in [7, 11) is 3.33. The van der Waals surface area contributed by atoms with Gasteiger partial charge in [0.25, 0.3) is 11.5 Å². The first kappa shape index (κ1) is 18.2. The zero-order chi connectivity index (χ0) is 18.5. The van der Waals surface area contributed by atoms with E-state index in [1.807, 2.05) is 24.3 Å². The number of hydrogen-bond donors (Lipinski definition) is 1. The summed E-state index contributed by atoms with van der Waals surface area (Å²) >= 11 is 0. The highest BCUT2D eigenvalue weighted by molar-refractivity contribution is 5.94. The second kappa shape index (κ2) is 8.19. The fraction of sp³-hybridized carbons (Fsp3) is 0.400. The van der Waals surface area contributed by atoms with Crippen LogP contribution in [0.3, 0.4) is 0 Å². The van der Waals surface area contributed by atoms with Gasteiger partial charge in [0.05, 0.1) is 13.2 Å². The standard InChI is InChI=1S/C20H25N3O3/c1-22-12-9-15(13-19(22)24)20(25)21-14-17(23-10-5-6-11-23)16-7-3-4-8-18(16)26-2/h3-4,7-9,12-13,17H,5-6,10-11,14H2,1-2H3,(H,21,25). The van der Waals surface area contributed by atoms with Crippen LogP contribution >= 0.6 is 0 Å². The molecule has 1 aromatic carbocycles. The van der Waals surface area contributed by atoms with Crippen LogP contribution in [0.5, 0.6) is 5.75 Å². The van der Waals surface area contributed by atoms with Gasteiger partial charge in [-0.15, -0.1) is 0 Å². The number of carbonyl (C=O) groups is 1. The van der Waals surface area contributed by atoms with Crippen molar-refractivity contribution in [1.29, 1.82) is 0 Å². The smallest absolute Gasteiger partial charge is 0.251 e. The Balaban J connectivity index is 1.78. The second-order valence-corrected chi connectivity index (χ2v) is 6.58. The minimum atomic E-state index is -0.234. The van der Waals surface area contributed by atoms with Crippen LogP contribution in [0.1, 0.15) is 34.8 Å². The normalized spacial score (nSPS) is 15.6. The van der Waals surface area contributed by atoms with Crippen LogP contribution in [0.25, 0.3) is 0 Å². The lowest BCUT2D eigenvalue weighted by atomic mass is 10.0. The van der Waals surface area contributed by atoms with E-state index in [9.17, 15) is 9.59 Å². The number of methoxy groups -OCH3 is 1. The molecule has 0 saturated carbocycles. The number of pyridine rings is 1. The van der Waals surface area contributed by atoms with Crippen molar-refractivity contribution >= 4 is 5.91 Å². The fourth-order valence-corrected chi connectivity index (χ4v) is 3.41. The third-order valence-corrected chi connectivity index (χ3v) is 4.90. The number of nitrogens with zero attached hydrogens (tertiary/aromatic N) is 2. The van der Waals surface area contributed by atoms with Gasteiger partial charge in [-0.25, -0.2) is 0 Å². The summed E-state index contributed by atoms with van der Waals surface area (Å²) in [6, 6.07) is 11.0. The van der Waals surface area contributed by atoms with Crippen molar-refractivity contribution in [2.45, 2.75) is 18.9 Å². The number of carbonyl (C=O) groups excluding carboxylic acids is 1. The Morgan fingerprint density at radius 3 is 2.65 bits per heavy atom. The van der Waals surface area contributed by atoms with E-state index in [-0.39, 0.29) is 17.5 Å². The number of rotatable bonds is 6. The van der Waals surface area contributed by atoms with E-state index in [1.54, 1.807) is 26.4 Å². The molecular formula is C20H25N3O3. The summed E-state index contributed by atoms with van der Waals surface area (Å²) in [6.45, 7) is 2.48. The number of aryl methyl sites for hydroxylation is 1. The Morgan fingerprint density at radius 1 is 1.23 bits per heavy atom. The van der Waals surface area contributed by atoms with Gasteiger partial charge in [0, 0.05) is 37.0 Å². The van der Waals surface area contributed by atoms with Crippen LogP contribution in [-0.4, -0.2) is 42.1 Å². The summed E-state index contributed by atoms with van der Waals surface area (Å²) in [6.07, 6.45) is 3.93. The molecule has 1 saturated heterocycles. The quantitative estimate of drug-likeness (QED) is 0.860. The van der Waals surface area contributed by atoms with Gasteiger partial charge in [-0.1, -0.05) is 18.2 Å². The van der Waals surface area contributed by atoms with Crippen LogP contribution in [0.2, 0.25) is 0 Å². The number of ether oxygens (including phenoxy) is 1. The van der Waals surface area contributed by atoms with Crippen LogP contribution in [0, 0.1) is 0 Å². The molecule has 0 aliphatic carbocycles. The average Bonchev–Trinajstić information content (AvgIpc) is 3.19. The Labute approximate surface area is 153 Å². The van der Waals surface area contributed by atoms with Gasteiger partial charge in [0.2, 0.25) is 0 Å². The molecule has 1 N–H and O–H groups in total. The van der Waals surface area contributed by atoms with E-state index in [0.29, 0.717) is 12.1 Å². The second-order valence-electron chi connectivity index (χ2n) is 6.58. The maximum atomic E-state index is 12.5. The molecule has 1 amide bonds. The maximum Gasteiger partial charge on any atom is 0.251 e. The Bertz CT molecular complexity index is 825. The largest absolute Gasteiger partial charge is 0.496 e. The number of nitrogens with one attached hydrogen (secondary N) is 1. The summed E-state index contributed by atoms with van der Waals surface area (Å²) in [5.74, 6) is 0.592. The Morgan fingerprint density at radius 2 is 1.96 bits per heavy atom. The van der Waals surface area contributed by atoms with Gasteiger partial charge in [0.1, 0.15) is 5.75 Å². The molecule has 0 bridgehead atoms. The van der Waals surface area contributed by atoms with E-state index < -0.39 is 0 Å². The highest BCUT2D eigenvalue weighted by Crippen LogP contribution is 2.31. The van der Waals surface area contributed by atoms with Gasteiger partial charge in [-0.3, -0.25) is 14.5 Å². The number of aromatic nitrogens is 1. The maximum absolute atomic E-state index is 12.5. The molecule has 1 aliphatic heterocycles. The average molecular weight is 355 g/mol. The zero-order valence-electron chi connectivity index (χ0n) is 15.3. The van der Waals surface area contributed by atoms with E-state index in [2.05, 4.69) is 10.2 Å². The SMILES string of the molecule is COc1ccccc1C(CNC(=O)c1ccn(C)c(=O)c1)N1CCCC1.